The molecule has 3 N–H and O–H groups in total. The van der Waals surface area contributed by atoms with Crippen molar-refractivity contribution in [3.8, 4) is 0 Å². The quantitative estimate of drug-likeness (QED) is 0.536. The number of carboxylic acid groups (broad SMARTS) is 1. The molecule has 1 fully saturated rings. The van der Waals surface area contributed by atoms with Gasteiger partial charge in [-0.15, -0.1) is 0 Å². The van der Waals surface area contributed by atoms with E-state index in [0.29, 0.717) is 13.0 Å². The van der Waals surface area contributed by atoms with E-state index in [1.165, 1.54) is 10.4 Å². The van der Waals surface area contributed by atoms with Crippen LogP contribution in [0.5, 0.6) is 0 Å². The maximum Gasteiger partial charge on any atom is 0.303 e. The van der Waals surface area contributed by atoms with Gasteiger partial charge in [-0.05, 0) is 32.3 Å². The molecular formula is C17H22N2O5. The number of hydroxylamine groups is 1. The van der Waals surface area contributed by atoms with Gasteiger partial charge in [0.25, 0.3) is 5.91 Å². The fraction of sp³-hybridized carbons (Fsp3) is 0.471. The Bertz CT molecular complexity index is 643. The van der Waals surface area contributed by atoms with E-state index in [1.54, 1.807) is 0 Å². The number of aliphatic carboxylic acids is 1. The van der Waals surface area contributed by atoms with E-state index in [0.717, 1.165) is 11.1 Å². The molecule has 2 atom stereocenters. The molecule has 1 aromatic rings. The Morgan fingerprint density at radius 2 is 1.96 bits per heavy atom. The van der Waals surface area contributed by atoms with Crippen molar-refractivity contribution in [2.24, 2.45) is 0 Å². The summed E-state index contributed by atoms with van der Waals surface area (Å²) in [6, 6.07) is 6.66. The maximum absolute atomic E-state index is 12.9. The SMILES string of the molecule is Cc1ccc(C2(C)CCN(C(CCC(=O)O)C(=O)NO)C2=O)cc1. The van der Waals surface area contributed by atoms with Crippen molar-refractivity contribution in [1.29, 1.82) is 0 Å². The smallest absolute Gasteiger partial charge is 0.303 e. The minimum atomic E-state index is -1.06. The second-order valence-corrected chi connectivity index (χ2v) is 6.37. The summed E-state index contributed by atoms with van der Waals surface area (Å²) >= 11 is 0. The highest BCUT2D eigenvalue weighted by molar-refractivity contribution is 5.94. The molecule has 24 heavy (non-hydrogen) atoms. The number of carbonyl (C=O) groups is 3. The number of carbonyl (C=O) groups excluding carboxylic acids is 2. The summed E-state index contributed by atoms with van der Waals surface area (Å²) in [5.41, 5.74) is 2.73. The van der Waals surface area contributed by atoms with Gasteiger partial charge in [-0.3, -0.25) is 19.6 Å². The van der Waals surface area contributed by atoms with Gasteiger partial charge in [0.05, 0.1) is 5.41 Å². The highest BCUT2D eigenvalue weighted by Gasteiger charge is 2.47. The van der Waals surface area contributed by atoms with Gasteiger partial charge in [0.2, 0.25) is 5.91 Å². The van der Waals surface area contributed by atoms with Gasteiger partial charge in [-0.25, -0.2) is 5.48 Å². The standard InChI is InChI=1S/C17H22N2O5/c1-11-3-5-12(6-4-11)17(2)9-10-19(16(17)23)13(15(22)18-24)7-8-14(20)21/h3-6,13,24H,7-10H2,1-2H3,(H,18,22)(H,20,21). The molecule has 1 aromatic carbocycles. The molecule has 0 saturated carbocycles. The fourth-order valence-electron chi connectivity index (χ4n) is 3.12. The van der Waals surface area contributed by atoms with E-state index in [9.17, 15) is 14.4 Å². The molecule has 2 amide bonds. The third kappa shape index (κ3) is 3.41. The molecule has 2 unspecified atom stereocenters. The topological polar surface area (TPSA) is 107 Å². The molecule has 0 bridgehead atoms. The Balaban J connectivity index is 2.25. The van der Waals surface area contributed by atoms with Gasteiger partial charge in [0, 0.05) is 13.0 Å². The number of carboxylic acids is 1. The number of likely N-dealkylation sites (tertiary alicyclic amines) is 1. The molecule has 1 heterocycles. The lowest BCUT2D eigenvalue weighted by molar-refractivity contribution is -0.145. The van der Waals surface area contributed by atoms with Crippen LogP contribution in [-0.4, -0.2) is 45.6 Å². The molecule has 1 saturated heterocycles. The van der Waals surface area contributed by atoms with E-state index in [2.05, 4.69) is 0 Å². The molecule has 1 aliphatic heterocycles. The number of hydrogen-bond donors (Lipinski definition) is 3. The van der Waals surface area contributed by atoms with Crippen molar-refractivity contribution < 1.29 is 24.7 Å². The summed E-state index contributed by atoms with van der Waals surface area (Å²) in [5.74, 6) is -2.05. The van der Waals surface area contributed by atoms with Gasteiger partial charge >= 0.3 is 5.97 Å². The monoisotopic (exact) mass is 334 g/mol. The summed E-state index contributed by atoms with van der Waals surface area (Å²) in [6.45, 7) is 4.12. The molecule has 130 valence electrons. The van der Waals surface area contributed by atoms with Crippen LogP contribution in [-0.2, 0) is 19.8 Å². The van der Waals surface area contributed by atoms with Gasteiger partial charge in [0.15, 0.2) is 0 Å². The Morgan fingerprint density at radius 1 is 1.33 bits per heavy atom. The summed E-state index contributed by atoms with van der Waals surface area (Å²) < 4.78 is 0. The lowest BCUT2D eigenvalue weighted by Crippen LogP contribution is -2.49. The van der Waals surface area contributed by atoms with Gasteiger partial charge in [0.1, 0.15) is 6.04 Å². The van der Waals surface area contributed by atoms with E-state index in [-0.39, 0.29) is 18.7 Å². The molecule has 2 rings (SSSR count). The molecule has 7 nitrogen and oxygen atoms in total. The zero-order chi connectivity index (χ0) is 17.9. The van der Waals surface area contributed by atoms with E-state index < -0.39 is 23.3 Å². The minimum Gasteiger partial charge on any atom is -0.481 e. The fourth-order valence-corrected chi connectivity index (χ4v) is 3.12. The van der Waals surface area contributed by atoms with E-state index in [4.69, 9.17) is 10.3 Å². The summed E-state index contributed by atoms with van der Waals surface area (Å²) in [4.78, 5) is 37.0. The maximum atomic E-state index is 12.9. The number of nitrogens with zero attached hydrogens (tertiary/aromatic N) is 1. The second kappa shape index (κ2) is 7.00. The normalized spacial score (nSPS) is 21.6. The van der Waals surface area contributed by atoms with E-state index in [1.807, 2.05) is 38.1 Å². The van der Waals surface area contributed by atoms with Crippen molar-refractivity contribution in [2.75, 3.05) is 6.54 Å². The predicted molar refractivity (Wildman–Crippen MR) is 85.4 cm³/mol. The van der Waals surface area contributed by atoms with Crippen LogP contribution < -0.4 is 5.48 Å². The number of hydrogen-bond acceptors (Lipinski definition) is 4. The largest absolute Gasteiger partial charge is 0.481 e. The third-order valence-corrected chi connectivity index (χ3v) is 4.70. The number of aryl methyl sites for hydroxylation is 1. The number of rotatable bonds is 6. The molecule has 0 aliphatic carbocycles. The van der Waals surface area contributed by atoms with Crippen LogP contribution in [0.2, 0.25) is 0 Å². The van der Waals surface area contributed by atoms with Crippen LogP contribution in [0.25, 0.3) is 0 Å². The first-order valence-electron chi connectivity index (χ1n) is 7.83. The Hall–Kier alpha value is -2.41. The van der Waals surface area contributed by atoms with Crippen LogP contribution in [0.15, 0.2) is 24.3 Å². The third-order valence-electron chi connectivity index (χ3n) is 4.70. The highest BCUT2D eigenvalue weighted by atomic mass is 16.5. The van der Waals surface area contributed by atoms with Crippen LogP contribution in [0.1, 0.15) is 37.3 Å². The first kappa shape index (κ1) is 17.9. The lowest BCUT2D eigenvalue weighted by Gasteiger charge is -2.29. The van der Waals surface area contributed by atoms with Crippen molar-refractivity contribution in [1.82, 2.24) is 10.4 Å². The zero-order valence-corrected chi connectivity index (χ0v) is 13.8. The molecule has 0 radical (unpaired) electrons. The van der Waals surface area contributed by atoms with Crippen molar-refractivity contribution in [2.45, 2.75) is 44.6 Å². The molecule has 0 spiro atoms. The Kier molecular flexibility index (Phi) is 5.23. The molecule has 0 aromatic heterocycles. The average molecular weight is 334 g/mol. The Labute approximate surface area is 140 Å². The average Bonchev–Trinajstić information content (AvgIpc) is 2.85. The van der Waals surface area contributed by atoms with E-state index >= 15 is 0 Å². The molecule has 1 aliphatic rings. The minimum absolute atomic E-state index is 0.0442. The summed E-state index contributed by atoms with van der Waals surface area (Å²) in [7, 11) is 0. The first-order valence-corrected chi connectivity index (χ1v) is 7.83. The number of nitrogens with one attached hydrogen (secondary N) is 1. The van der Waals surface area contributed by atoms with Crippen molar-refractivity contribution in [3.05, 3.63) is 35.4 Å². The van der Waals surface area contributed by atoms with Crippen LogP contribution in [0.4, 0.5) is 0 Å². The Morgan fingerprint density at radius 3 is 2.50 bits per heavy atom. The summed E-state index contributed by atoms with van der Waals surface area (Å²) in [6.07, 6.45) is 0.220. The second-order valence-electron chi connectivity index (χ2n) is 6.37. The molecular weight excluding hydrogens is 312 g/mol. The number of amides is 2. The van der Waals surface area contributed by atoms with Gasteiger partial charge < -0.3 is 10.0 Å². The van der Waals surface area contributed by atoms with Crippen LogP contribution >= 0.6 is 0 Å². The lowest BCUT2D eigenvalue weighted by atomic mass is 9.81. The van der Waals surface area contributed by atoms with Crippen molar-refractivity contribution >= 4 is 17.8 Å². The molecule has 7 heteroatoms. The van der Waals surface area contributed by atoms with Gasteiger partial charge in [-0.1, -0.05) is 29.8 Å². The highest BCUT2D eigenvalue weighted by Crippen LogP contribution is 2.37. The number of benzene rings is 1. The van der Waals surface area contributed by atoms with Crippen molar-refractivity contribution in [3.63, 3.8) is 0 Å². The first-order chi connectivity index (χ1) is 11.3. The van der Waals surface area contributed by atoms with Crippen LogP contribution in [0.3, 0.4) is 0 Å². The van der Waals surface area contributed by atoms with Gasteiger partial charge in [-0.2, -0.15) is 0 Å². The van der Waals surface area contributed by atoms with Crippen LogP contribution in [0, 0.1) is 6.92 Å². The predicted octanol–water partition coefficient (Wildman–Crippen LogP) is 1.22. The zero-order valence-electron chi connectivity index (χ0n) is 13.8. The summed E-state index contributed by atoms with van der Waals surface area (Å²) in [5, 5.41) is 17.7.